The van der Waals surface area contributed by atoms with Crippen LogP contribution in [0.5, 0.6) is 0 Å². The van der Waals surface area contributed by atoms with Crippen LogP contribution in [0.15, 0.2) is 0 Å². The maximum atomic E-state index is 14.1. The fourth-order valence-electron chi connectivity index (χ4n) is 10.4. The molecule has 5 saturated carbocycles. The van der Waals surface area contributed by atoms with Gasteiger partial charge in [0.25, 0.3) is 0 Å². The number of Topliss-reactive ketones (excluding diaryl/α,β-unsaturated/α-hetero) is 1. The third-order valence-electron chi connectivity index (χ3n) is 11.6. The fourth-order valence-corrected chi connectivity index (χ4v) is 10.4. The summed E-state index contributed by atoms with van der Waals surface area (Å²) in [6.07, 6.45) is 10.8. The molecule has 0 aromatic rings. The molecule has 7 rings (SSSR count). The molecule has 3 spiro atoms. The van der Waals surface area contributed by atoms with Gasteiger partial charge in [0.05, 0.1) is 26.4 Å². The van der Waals surface area contributed by atoms with Gasteiger partial charge in [-0.15, -0.1) is 0 Å². The summed E-state index contributed by atoms with van der Waals surface area (Å²) in [5.41, 5.74) is 0.226. The van der Waals surface area contributed by atoms with Crippen molar-refractivity contribution in [2.75, 3.05) is 26.4 Å². The van der Waals surface area contributed by atoms with Gasteiger partial charge in [-0.2, -0.15) is 0 Å². The van der Waals surface area contributed by atoms with Crippen LogP contribution in [0.2, 0.25) is 0 Å². The summed E-state index contributed by atoms with van der Waals surface area (Å²) in [6.45, 7) is 7.57. The molecule has 31 heavy (non-hydrogen) atoms. The van der Waals surface area contributed by atoms with Crippen molar-refractivity contribution in [1.29, 1.82) is 0 Å². The van der Waals surface area contributed by atoms with Crippen LogP contribution in [0.1, 0.15) is 78.1 Å². The Kier molecular flexibility index (Phi) is 3.95. The van der Waals surface area contributed by atoms with Gasteiger partial charge in [-0.1, -0.05) is 6.92 Å². The summed E-state index contributed by atoms with van der Waals surface area (Å²) in [6, 6.07) is 0. The van der Waals surface area contributed by atoms with Crippen molar-refractivity contribution >= 4 is 5.78 Å². The Bertz CT molecular complexity index is 798. The lowest BCUT2D eigenvalue weighted by molar-refractivity contribution is -0.296. The zero-order chi connectivity index (χ0) is 21.1. The highest BCUT2D eigenvalue weighted by Crippen LogP contribution is 2.85. The number of fused-ring (bicyclic) bond motifs is 2. The van der Waals surface area contributed by atoms with Gasteiger partial charge in [-0.05, 0) is 80.5 Å². The van der Waals surface area contributed by atoms with Gasteiger partial charge in [-0.3, -0.25) is 4.79 Å². The molecule has 7 fully saturated rings. The van der Waals surface area contributed by atoms with Gasteiger partial charge in [0, 0.05) is 30.6 Å². The van der Waals surface area contributed by atoms with Crippen LogP contribution in [0.4, 0.5) is 0 Å². The van der Waals surface area contributed by atoms with E-state index < -0.39 is 5.79 Å². The van der Waals surface area contributed by atoms with Crippen molar-refractivity contribution in [3.63, 3.8) is 0 Å². The van der Waals surface area contributed by atoms with E-state index in [9.17, 15) is 4.79 Å². The Morgan fingerprint density at radius 3 is 2.35 bits per heavy atom. The summed E-state index contributed by atoms with van der Waals surface area (Å²) in [5.74, 6) is 1.86. The third-order valence-corrected chi connectivity index (χ3v) is 11.6. The molecule has 7 atom stereocenters. The molecule has 2 saturated heterocycles. The molecule has 2 aliphatic heterocycles. The van der Waals surface area contributed by atoms with E-state index in [0.29, 0.717) is 42.7 Å². The topological polar surface area (TPSA) is 54.0 Å². The maximum absolute atomic E-state index is 14.1. The molecule has 7 aliphatic rings. The second-order valence-corrected chi connectivity index (χ2v) is 12.4. The molecule has 0 aromatic heterocycles. The number of carbonyl (C=O) groups is 1. The first-order valence-corrected chi connectivity index (χ1v) is 13.0. The average molecular weight is 431 g/mol. The minimum absolute atomic E-state index is 0.0220. The molecular formula is C26H38O5. The molecule has 7 unspecified atom stereocenters. The average Bonchev–Trinajstić information content (AvgIpc) is 3.05. The smallest absolute Gasteiger partial charge is 0.169 e. The molecule has 0 bridgehead atoms. The molecule has 0 N–H and O–H groups in total. The lowest BCUT2D eigenvalue weighted by Gasteiger charge is -2.57. The zero-order valence-corrected chi connectivity index (χ0v) is 19.3. The molecule has 5 aliphatic carbocycles. The summed E-state index contributed by atoms with van der Waals surface area (Å²) in [7, 11) is 0. The minimum Gasteiger partial charge on any atom is -0.350 e. The number of ether oxygens (including phenoxy) is 4. The van der Waals surface area contributed by atoms with Crippen molar-refractivity contribution in [3.8, 4) is 0 Å². The molecule has 5 heteroatoms. The Morgan fingerprint density at radius 2 is 1.58 bits per heavy atom. The highest BCUT2D eigenvalue weighted by atomic mass is 16.7. The molecule has 0 aromatic carbocycles. The first-order valence-electron chi connectivity index (χ1n) is 13.0. The van der Waals surface area contributed by atoms with E-state index in [0.717, 1.165) is 58.2 Å². The van der Waals surface area contributed by atoms with Crippen LogP contribution in [0.25, 0.3) is 0 Å². The van der Waals surface area contributed by atoms with Crippen molar-refractivity contribution < 1.29 is 23.7 Å². The highest BCUT2D eigenvalue weighted by Gasteiger charge is 2.83. The van der Waals surface area contributed by atoms with Gasteiger partial charge < -0.3 is 18.9 Å². The normalized spacial score (nSPS) is 54.1. The number of carbonyl (C=O) groups excluding carboxylic acids is 1. The minimum atomic E-state index is -0.500. The number of rotatable bonds is 1. The Balaban J connectivity index is 1.19. The summed E-state index contributed by atoms with van der Waals surface area (Å²) in [5, 5.41) is 0. The predicted molar refractivity (Wildman–Crippen MR) is 113 cm³/mol. The molecule has 0 amide bonds. The lowest BCUT2D eigenvalue weighted by Crippen LogP contribution is -2.57. The van der Waals surface area contributed by atoms with Crippen LogP contribution in [0.3, 0.4) is 0 Å². The van der Waals surface area contributed by atoms with Gasteiger partial charge in [0.1, 0.15) is 5.78 Å². The van der Waals surface area contributed by atoms with E-state index >= 15 is 0 Å². The van der Waals surface area contributed by atoms with E-state index in [1.54, 1.807) is 0 Å². The Labute approximate surface area is 185 Å². The summed E-state index contributed by atoms with van der Waals surface area (Å²) >= 11 is 0. The van der Waals surface area contributed by atoms with Gasteiger partial charge >= 0.3 is 0 Å². The monoisotopic (exact) mass is 430 g/mol. The third kappa shape index (κ3) is 2.30. The standard InChI is InChI=1S/C26H38O5/c1-22-15-21(27)26-16-24(26)8-9-25(30-10-3-11-31-25)14-17(24)4-5-19(26)18(22)6-7-20(22)23(2)28-12-13-29-23/h17-20H,3-16H2,1-2H3. The van der Waals surface area contributed by atoms with E-state index in [1.807, 2.05) is 0 Å². The quantitative estimate of drug-likeness (QED) is 0.614. The zero-order valence-electron chi connectivity index (χ0n) is 19.3. The lowest BCUT2D eigenvalue weighted by atomic mass is 9.48. The summed E-state index contributed by atoms with van der Waals surface area (Å²) in [4.78, 5) is 14.1. The molecule has 0 radical (unpaired) electrons. The molecule has 5 nitrogen and oxygen atoms in total. The second kappa shape index (κ2) is 6.14. The van der Waals surface area contributed by atoms with Gasteiger partial charge in [-0.25, -0.2) is 0 Å². The van der Waals surface area contributed by atoms with Crippen molar-refractivity contribution in [2.24, 2.45) is 39.9 Å². The van der Waals surface area contributed by atoms with Crippen LogP contribution in [-0.4, -0.2) is 43.8 Å². The van der Waals surface area contributed by atoms with Crippen molar-refractivity contribution in [1.82, 2.24) is 0 Å². The Morgan fingerprint density at radius 1 is 0.839 bits per heavy atom. The number of hydrogen-bond acceptors (Lipinski definition) is 5. The van der Waals surface area contributed by atoms with Crippen molar-refractivity contribution in [2.45, 2.75) is 89.6 Å². The van der Waals surface area contributed by atoms with Crippen LogP contribution < -0.4 is 0 Å². The first kappa shape index (κ1) is 19.9. The molecule has 2 heterocycles. The number of ketones is 1. The Hall–Kier alpha value is -0.490. The van der Waals surface area contributed by atoms with E-state index in [-0.39, 0.29) is 22.0 Å². The van der Waals surface area contributed by atoms with Crippen LogP contribution in [0, 0.1) is 39.9 Å². The molecular weight excluding hydrogens is 392 g/mol. The second-order valence-electron chi connectivity index (χ2n) is 12.4. The maximum Gasteiger partial charge on any atom is 0.169 e. The largest absolute Gasteiger partial charge is 0.350 e. The van der Waals surface area contributed by atoms with Crippen LogP contribution in [-0.2, 0) is 23.7 Å². The predicted octanol–water partition coefficient (Wildman–Crippen LogP) is 4.47. The van der Waals surface area contributed by atoms with E-state index in [1.165, 1.54) is 19.3 Å². The van der Waals surface area contributed by atoms with Crippen LogP contribution >= 0.6 is 0 Å². The highest BCUT2D eigenvalue weighted by molar-refractivity contribution is 5.91. The first-order chi connectivity index (χ1) is 14.9. The van der Waals surface area contributed by atoms with E-state index in [2.05, 4.69) is 13.8 Å². The fraction of sp³-hybridized carbons (Fsp3) is 0.962. The number of hydrogen-bond donors (Lipinski definition) is 0. The van der Waals surface area contributed by atoms with Crippen molar-refractivity contribution in [3.05, 3.63) is 0 Å². The van der Waals surface area contributed by atoms with Gasteiger partial charge in [0.2, 0.25) is 0 Å². The molecule has 172 valence electrons. The van der Waals surface area contributed by atoms with E-state index in [4.69, 9.17) is 18.9 Å². The SMILES string of the molecule is CC1(C2CCC3C4CCC5CC6(CCC57CC47C(=O)CC32C)OCCCO6)OCCO1. The van der Waals surface area contributed by atoms with Gasteiger partial charge in [0.15, 0.2) is 11.6 Å². The summed E-state index contributed by atoms with van der Waals surface area (Å²) < 4.78 is 24.7.